The van der Waals surface area contributed by atoms with Crippen LogP contribution in [0, 0.1) is 12.3 Å². The topological polar surface area (TPSA) is 71.0 Å². The highest BCUT2D eigenvalue weighted by molar-refractivity contribution is 9.10. The van der Waals surface area contributed by atoms with Crippen LogP contribution in [0.3, 0.4) is 0 Å². The Hall–Kier alpha value is -1.86. The molecule has 2 aromatic carbocycles. The van der Waals surface area contributed by atoms with Crippen molar-refractivity contribution in [1.29, 1.82) is 0 Å². The Bertz CT molecular complexity index is 1190. The second-order valence-corrected chi connectivity index (χ2v) is 11.2. The third-order valence-corrected chi connectivity index (χ3v) is 8.74. The van der Waals surface area contributed by atoms with Crippen LogP contribution in [0.1, 0.15) is 32.6 Å². The first-order valence-corrected chi connectivity index (χ1v) is 15.2. The molecule has 1 spiro atoms. The maximum absolute atomic E-state index is 9.64. The molecule has 0 saturated carbocycles. The molecule has 39 heavy (non-hydrogen) atoms. The van der Waals surface area contributed by atoms with Crippen molar-refractivity contribution >= 4 is 59.6 Å². The average molecular weight is 613 g/mol. The minimum absolute atomic E-state index is 0.00900. The molecular formula is C29H41B2BrN4O2S. The normalized spacial score (nSPS) is 19.5. The molecular weight excluding hydrogens is 570 g/mol. The van der Waals surface area contributed by atoms with Gasteiger partial charge in [-0.1, -0.05) is 42.8 Å². The van der Waals surface area contributed by atoms with Crippen molar-refractivity contribution < 1.29 is 11.4 Å². The summed E-state index contributed by atoms with van der Waals surface area (Å²) >= 11 is 7.05. The third kappa shape index (κ3) is 7.46. The van der Waals surface area contributed by atoms with Gasteiger partial charge in [0, 0.05) is 21.4 Å². The highest BCUT2D eigenvalue weighted by Gasteiger charge is 2.43. The van der Waals surface area contributed by atoms with Crippen molar-refractivity contribution in [2.45, 2.75) is 50.4 Å². The van der Waals surface area contributed by atoms with Gasteiger partial charge in [-0.25, -0.2) is 0 Å². The van der Waals surface area contributed by atoms with E-state index in [2.05, 4.69) is 87.2 Å². The summed E-state index contributed by atoms with van der Waals surface area (Å²) in [6.45, 7) is 11.3. The standard InChI is InChI=1S/C14H18BBrN2O.C14H19BN2O.CH4S/c1-3-14(8-10-18(11-9-14)15(2)19)17-13-7-5-4-6-12(13)16;1-11-12-5-3-4-6-13(12)16-14(11)7-9-17(10-8-14)15(2)18;1-2/h1,4-7,17,19H,8-11H2,2H3;3-6,16,18H,1,7-10H2,2H3;2H,1H3/i1T;;. The maximum Gasteiger partial charge on any atom is 0.376 e. The predicted molar refractivity (Wildman–Crippen MR) is 175 cm³/mol. The second kappa shape index (κ2) is 14.2. The van der Waals surface area contributed by atoms with Crippen molar-refractivity contribution in [1.82, 2.24) is 9.62 Å². The number of benzene rings is 2. The van der Waals surface area contributed by atoms with E-state index in [4.69, 9.17) is 1.37 Å². The number of halogens is 1. The van der Waals surface area contributed by atoms with Crippen molar-refractivity contribution in [3.8, 4) is 12.3 Å². The van der Waals surface area contributed by atoms with Crippen LogP contribution in [0.2, 0.25) is 13.6 Å². The Kier molecular flexibility index (Phi) is 10.9. The summed E-state index contributed by atoms with van der Waals surface area (Å²) in [5.41, 5.74) is 4.27. The van der Waals surface area contributed by atoms with Crippen LogP contribution in [0.4, 0.5) is 11.4 Å². The SMILES string of the molecule is C=C1c2ccccc2NC12CCN(B(C)O)CC2.CS.[3H]C#CC1(Nc2ccccc2Br)CCN(B(C)O)CC1. The molecule has 208 valence electrons. The fourth-order valence-electron chi connectivity index (χ4n) is 5.53. The number of nitrogens with one attached hydrogen (secondary N) is 2. The number of thiol groups is 1. The lowest BCUT2D eigenvalue weighted by Gasteiger charge is -2.41. The van der Waals surface area contributed by atoms with Crippen LogP contribution in [-0.4, -0.2) is 77.3 Å². The van der Waals surface area contributed by atoms with E-state index in [1.54, 1.807) is 13.1 Å². The fourth-order valence-corrected chi connectivity index (χ4v) is 5.92. The van der Waals surface area contributed by atoms with Crippen molar-refractivity contribution in [2.24, 2.45) is 0 Å². The second-order valence-electron chi connectivity index (χ2n) is 10.4. The molecule has 6 nitrogen and oxygen atoms in total. The number of hydrogen-bond acceptors (Lipinski definition) is 7. The quantitative estimate of drug-likeness (QED) is 0.189. The molecule has 0 aliphatic carbocycles. The summed E-state index contributed by atoms with van der Waals surface area (Å²) < 4.78 is 8.23. The minimum Gasteiger partial charge on any atom is -0.437 e. The molecule has 3 aliphatic rings. The van der Waals surface area contributed by atoms with E-state index in [-0.39, 0.29) is 12.6 Å². The number of nitrogens with zero attached hydrogens (tertiary/aromatic N) is 2. The predicted octanol–water partition coefficient (Wildman–Crippen LogP) is 5.06. The number of piperidine rings is 2. The van der Waals surface area contributed by atoms with Crippen LogP contribution in [0.5, 0.6) is 0 Å². The number of terminal acetylenes is 1. The molecule has 4 N–H and O–H groups in total. The largest absolute Gasteiger partial charge is 0.437 e. The fraction of sp³-hybridized carbons (Fsp3) is 0.448. The molecule has 3 heterocycles. The zero-order valence-electron chi connectivity index (χ0n) is 24.3. The molecule has 0 bridgehead atoms. The van der Waals surface area contributed by atoms with Gasteiger partial charge in [-0.2, -0.15) is 12.6 Å². The highest BCUT2D eigenvalue weighted by atomic mass is 79.9. The summed E-state index contributed by atoms with van der Waals surface area (Å²) in [6, 6.07) is 16.3. The van der Waals surface area contributed by atoms with Gasteiger partial charge in [-0.3, -0.25) is 0 Å². The smallest absolute Gasteiger partial charge is 0.376 e. The molecule has 0 unspecified atom stereocenters. The number of fused-ring (bicyclic) bond motifs is 1. The third-order valence-electron chi connectivity index (χ3n) is 8.05. The average Bonchev–Trinajstić information content (AvgIpc) is 3.23. The minimum atomic E-state index is -0.430. The van der Waals surface area contributed by atoms with Gasteiger partial charge in [0.15, 0.2) is 0 Å². The Morgan fingerprint density at radius 1 is 1.00 bits per heavy atom. The van der Waals surface area contributed by atoms with E-state index in [1.807, 2.05) is 35.9 Å². The van der Waals surface area contributed by atoms with E-state index in [9.17, 15) is 10.0 Å². The first kappa shape index (κ1) is 30.1. The van der Waals surface area contributed by atoms with Gasteiger partial charge in [0.2, 0.25) is 0 Å². The Labute approximate surface area is 250 Å². The number of anilines is 2. The molecule has 0 radical (unpaired) electrons. The van der Waals surface area contributed by atoms with Crippen molar-refractivity contribution in [3.05, 3.63) is 65.1 Å². The van der Waals surface area contributed by atoms with Crippen LogP contribution >= 0.6 is 28.6 Å². The van der Waals surface area contributed by atoms with E-state index in [0.29, 0.717) is 0 Å². The first-order valence-electron chi connectivity index (χ1n) is 14.0. The monoisotopic (exact) mass is 612 g/mol. The van der Waals surface area contributed by atoms with E-state index >= 15 is 0 Å². The molecule has 2 fully saturated rings. The summed E-state index contributed by atoms with van der Waals surface area (Å²) in [7, 11) is -0.778. The summed E-state index contributed by atoms with van der Waals surface area (Å²) in [5.74, 6) is 3.01. The lowest BCUT2D eigenvalue weighted by atomic mass is 9.76. The van der Waals surface area contributed by atoms with Gasteiger partial charge in [0.1, 0.15) is 6.91 Å². The van der Waals surface area contributed by atoms with Gasteiger partial charge >= 0.3 is 14.1 Å². The van der Waals surface area contributed by atoms with E-state index < -0.39 is 12.6 Å². The summed E-state index contributed by atoms with van der Waals surface area (Å²) in [6.07, 6.45) is 7.57. The molecule has 0 atom stereocenters. The van der Waals surface area contributed by atoms with Gasteiger partial charge in [-0.05, 0) is 111 Å². The highest BCUT2D eigenvalue weighted by Crippen LogP contribution is 2.46. The number of hydrogen-bond donors (Lipinski definition) is 5. The van der Waals surface area contributed by atoms with Crippen molar-refractivity contribution in [3.63, 3.8) is 0 Å². The Balaban J connectivity index is 0.000000208. The Morgan fingerprint density at radius 3 is 2.08 bits per heavy atom. The van der Waals surface area contributed by atoms with Crippen LogP contribution < -0.4 is 10.6 Å². The van der Waals surface area contributed by atoms with Gasteiger partial charge in [0.25, 0.3) is 0 Å². The van der Waals surface area contributed by atoms with Gasteiger partial charge in [0.05, 0.1) is 5.54 Å². The Morgan fingerprint density at radius 2 is 1.54 bits per heavy atom. The summed E-state index contributed by atoms with van der Waals surface area (Å²) in [5, 5.41) is 26.4. The maximum atomic E-state index is 9.64. The number of para-hydroxylation sites is 2. The molecule has 3 aliphatic heterocycles. The molecule has 2 aromatic rings. The molecule has 2 saturated heterocycles. The summed E-state index contributed by atoms with van der Waals surface area (Å²) in [4.78, 5) is 4.13. The van der Waals surface area contributed by atoms with Crippen LogP contribution in [0.25, 0.3) is 5.57 Å². The van der Waals surface area contributed by atoms with Gasteiger partial charge < -0.3 is 30.3 Å². The lowest BCUT2D eigenvalue weighted by molar-refractivity contribution is 0.269. The lowest BCUT2D eigenvalue weighted by Crippen LogP contribution is -2.52. The molecule has 10 heteroatoms. The first-order chi connectivity index (χ1) is 19.2. The van der Waals surface area contributed by atoms with E-state index in [1.165, 1.54) is 16.8 Å². The molecule has 0 amide bonds. The van der Waals surface area contributed by atoms with Gasteiger partial charge in [-0.15, -0.1) is 6.40 Å². The zero-order valence-corrected chi connectivity index (χ0v) is 25.7. The van der Waals surface area contributed by atoms with Crippen molar-refractivity contribution in [2.75, 3.05) is 43.1 Å². The molecule has 5 rings (SSSR count). The molecule has 0 aromatic heterocycles. The van der Waals surface area contributed by atoms with Crippen LogP contribution in [0.15, 0.2) is 59.6 Å². The van der Waals surface area contributed by atoms with Crippen LogP contribution in [-0.2, 0) is 0 Å². The number of rotatable bonds is 4. The zero-order chi connectivity index (χ0) is 29.3. The van der Waals surface area contributed by atoms with E-state index in [0.717, 1.165) is 62.0 Å².